The van der Waals surface area contributed by atoms with Crippen molar-refractivity contribution in [3.05, 3.63) is 61.4 Å². The molecule has 0 aliphatic carbocycles. The monoisotopic (exact) mass is 455 g/mol. The minimum Gasteiger partial charge on any atom is -0.495 e. The number of nitrogens with zero attached hydrogens (tertiary/aromatic N) is 1. The largest absolute Gasteiger partial charge is 0.495 e. The molecule has 3 aromatic rings. The van der Waals surface area contributed by atoms with Crippen LogP contribution in [0.2, 0.25) is 10.0 Å². The summed E-state index contributed by atoms with van der Waals surface area (Å²) in [6, 6.07) is 9.12. The number of carbonyl (C=O) groups excluding carboxylic acids is 1. The smallest absolute Gasteiger partial charge is 0.271 e. The van der Waals surface area contributed by atoms with Gasteiger partial charge < -0.3 is 10.1 Å². The third-order valence-electron chi connectivity index (χ3n) is 3.67. The van der Waals surface area contributed by atoms with Crippen molar-refractivity contribution in [1.29, 1.82) is 0 Å². The molecule has 0 aliphatic rings. The summed E-state index contributed by atoms with van der Waals surface area (Å²) in [4.78, 5) is 23.2. The lowest BCUT2D eigenvalue weighted by molar-refractivity contribution is -0.384. The van der Waals surface area contributed by atoms with Crippen molar-refractivity contribution in [2.45, 2.75) is 0 Å². The predicted octanol–water partition coefficient (Wildman–Crippen LogP) is 5.25. The fourth-order valence-corrected chi connectivity index (χ4v) is 4.30. The molecule has 2 N–H and O–H groups in total. The van der Waals surface area contributed by atoms with Gasteiger partial charge in [0, 0.05) is 27.2 Å². The number of fused-ring (bicyclic) bond motifs is 1. The van der Waals surface area contributed by atoms with Gasteiger partial charge in [0.15, 0.2) is 5.11 Å². The van der Waals surface area contributed by atoms with E-state index in [4.69, 9.17) is 40.2 Å². The number of nitro benzene ring substituents is 1. The molecule has 2 aromatic carbocycles. The van der Waals surface area contributed by atoms with Crippen molar-refractivity contribution < 1.29 is 14.5 Å². The van der Waals surface area contributed by atoms with Crippen LogP contribution in [0, 0.1) is 10.1 Å². The zero-order chi connectivity index (χ0) is 20.4. The van der Waals surface area contributed by atoms with Crippen LogP contribution in [0.25, 0.3) is 10.1 Å². The van der Waals surface area contributed by atoms with Crippen molar-refractivity contribution in [3.8, 4) is 5.75 Å². The minimum absolute atomic E-state index is 0.0599. The van der Waals surface area contributed by atoms with E-state index in [2.05, 4.69) is 10.6 Å². The maximum Gasteiger partial charge on any atom is 0.271 e. The van der Waals surface area contributed by atoms with E-state index >= 15 is 0 Å². The highest BCUT2D eigenvalue weighted by atomic mass is 35.5. The molecule has 0 fully saturated rings. The summed E-state index contributed by atoms with van der Waals surface area (Å²) in [6.07, 6.45) is 0. The molecule has 1 heterocycles. The maximum atomic E-state index is 12.6. The number of benzene rings is 2. The Morgan fingerprint density at radius 3 is 2.68 bits per heavy atom. The highest BCUT2D eigenvalue weighted by molar-refractivity contribution is 7.80. The molecule has 7 nitrogen and oxygen atoms in total. The maximum absolute atomic E-state index is 12.6. The summed E-state index contributed by atoms with van der Waals surface area (Å²) in [6.45, 7) is 0. The van der Waals surface area contributed by atoms with Gasteiger partial charge in [-0.05, 0) is 30.4 Å². The van der Waals surface area contributed by atoms with Crippen molar-refractivity contribution in [2.24, 2.45) is 0 Å². The van der Waals surface area contributed by atoms with Gasteiger partial charge in [-0.2, -0.15) is 0 Å². The molecule has 0 saturated carbocycles. The Morgan fingerprint density at radius 2 is 2.00 bits per heavy atom. The van der Waals surface area contributed by atoms with E-state index in [1.54, 1.807) is 18.2 Å². The molecule has 28 heavy (non-hydrogen) atoms. The van der Waals surface area contributed by atoms with Crippen LogP contribution in [0.3, 0.4) is 0 Å². The Labute approximate surface area is 178 Å². The summed E-state index contributed by atoms with van der Waals surface area (Å²) in [5.74, 6) is -0.180. The molecule has 0 bridgehead atoms. The topological polar surface area (TPSA) is 93.5 Å². The quantitative estimate of drug-likeness (QED) is 0.316. The number of rotatable bonds is 4. The third kappa shape index (κ3) is 4.17. The van der Waals surface area contributed by atoms with E-state index in [0.717, 1.165) is 4.70 Å². The number of anilines is 1. The van der Waals surface area contributed by atoms with Crippen LogP contribution >= 0.6 is 46.8 Å². The van der Waals surface area contributed by atoms with Crippen molar-refractivity contribution in [3.63, 3.8) is 0 Å². The highest BCUT2D eigenvalue weighted by Gasteiger charge is 2.19. The normalized spacial score (nSPS) is 10.5. The Morgan fingerprint density at radius 1 is 1.25 bits per heavy atom. The zero-order valence-corrected chi connectivity index (χ0v) is 17.3. The van der Waals surface area contributed by atoms with Gasteiger partial charge in [0.05, 0.1) is 22.7 Å². The molecule has 3 rings (SSSR count). The molecule has 0 atom stereocenters. The lowest BCUT2D eigenvalue weighted by atomic mass is 10.2. The van der Waals surface area contributed by atoms with Crippen LogP contribution in [0.5, 0.6) is 5.75 Å². The molecule has 0 saturated heterocycles. The standard InChI is InChI=1S/C17H11Cl2N3O4S2/c1-26-12-5-3-9(22(24)25)7-11(12)20-17(27)21-16(23)15-14(19)10-4-2-8(18)6-13(10)28-15/h2-7H,1H3,(H2,20,21,23,27). The summed E-state index contributed by atoms with van der Waals surface area (Å²) < 4.78 is 5.92. The van der Waals surface area contributed by atoms with Gasteiger partial charge in [0.2, 0.25) is 0 Å². The summed E-state index contributed by atoms with van der Waals surface area (Å²) in [5, 5.41) is 17.7. The molecular weight excluding hydrogens is 445 g/mol. The van der Waals surface area contributed by atoms with Crippen LogP contribution in [-0.4, -0.2) is 23.1 Å². The van der Waals surface area contributed by atoms with Gasteiger partial charge in [0.25, 0.3) is 11.6 Å². The number of non-ortho nitro benzene ring substituents is 1. The lowest BCUT2D eigenvalue weighted by Crippen LogP contribution is -2.33. The molecule has 1 aromatic heterocycles. The van der Waals surface area contributed by atoms with Crippen LogP contribution < -0.4 is 15.4 Å². The first-order valence-corrected chi connectivity index (χ1v) is 9.60. The Hall–Kier alpha value is -2.46. The fraction of sp³-hybridized carbons (Fsp3) is 0.0588. The van der Waals surface area contributed by atoms with E-state index < -0.39 is 10.8 Å². The Balaban J connectivity index is 1.80. The minimum atomic E-state index is -0.547. The van der Waals surface area contributed by atoms with Crippen molar-refractivity contribution >= 4 is 79.2 Å². The molecule has 11 heteroatoms. The second kappa shape index (κ2) is 8.27. The van der Waals surface area contributed by atoms with Gasteiger partial charge in [0.1, 0.15) is 10.6 Å². The second-order valence-electron chi connectivity index (χ2n) is 5.44. The number of amides is 1. The van der Waals surface area contributed by atoms with E-state index in [1.165, 1.54) is 36.6 Å². The number of carbonyl (C=O) groups is 1. The fourth-order valence-electron chi connectivity index (χ4n) is 2.41. The highest BCUT2D eigenvalue weighted by Crippen LogP contribution is 2.36. The molecule has 1 amide bonds. The average molecular weight is 456 g/mol. The first-order valence-electron chi connectivity index (χ1n) is 7.62. The van der Waals surface area contributed by atoms with Crippen LogP contribution in [0.15, 0.2) is 36.4 Å². The molecular formula is C17H11Cl2N3O4S2. The van der Waals surface area contributed by atoms with E-state index in [9.17, 15) is 14.9 Å². The molecule has 0 radical (unpaired) electrons. The van der Waals surface area contributed by atoms with Crippen LogP contribution in [-0.2, 0) is 0 Å². The second-order valence-corrected chi connectivity index (χ2v) is 7.71. The van der Waals surface area contributed by atoms with Gasteiger partial charge >= 0.3 is 0 Å². The van der Waals surface area contributed by atoms with E-state index in [-0.39, 0.29) is 21.4 Å². The lowest BCUT2D eigenvalue weighted by Gasteiger charge is -2.12. The first-order chi connectivity index (χ1) is 13.3. The van der Waals surface area contributed by atoms with Crippen molar-refractivity contribution in [1.82, 2.24) is 5.32 Å². The van der Waals surface area contributed by atoms with Crippen LogP contribution in [0.1, 0.15) is 9.67 Å². The van der Waals surface area contributed by atoms with Gasteiger partial charge in [-0.1, -0.05) is 29.3 Å². The third-order valence-corrected chi connectivity index (χ3v) is 5.76. The molecule has 144 valence electrons. The predicted molar refractivity (Wildman–Crippen MR) is 115 cm³/mol. The number of nitrogens with one attached hydrogen (secondary N) is 2. The van der Waals surface area contributed by atoms with Gasteiger partial charge in [-0.15, -0.1) is 11.3 Å². The van der Waals surface area contributed by atoms with E-state index in [1.807, 2.05) is 0 Å². The number of thiocarbonyl (C=S) groups is 1. The number of hydrogen-bond acceptors (Lipinski definition) is 6. The van der Waals surface area contributed by atoms with Crippen molar-refractivity contribution in [2.75, 3.05) is 12.4 Å². The zero-order valence-electron chi connectivity index (χ0n) is 14.1. The SMILES string of the molecule is COc1ccc([N+](=O)[O-])cc1NC(=S)NC(=O)c1sc2cc(Cl)ccc2c1Cl. The number of halogens is 2. The number of hydrogen-bond donors (Lipinski definition) is 2. The number of ether oxygens (including phenoxy) is 1. The average Bonchev–Trinajstić information content (AvgIpc) is 2.97. The van der Waals surface area contributed by atoms with E-state index in [0.29, 0.717) is 21.2 Å². The van der Waals surface area contributed by atoms with Gasteiger partial charge in [-0.3, -0.25) is 20.2 Å². The van der Waals surface area contributed by atoms with Gasteiger partial charge in [-0.25, -0.2) is 0 Å². The summed E-state index contributed by atoms with van der Waals surface area (Å²) in [5.41, 5.74) is 0.0954. The molecule has 0 spiro atoms. The Bertz CT molecular complexity index is 1120. The summed E-state index contributed by atoms with van der Waals surface area (Å²) in [7, 11) is 1.41. The summed E-state index contributed by atoms with van der Waals surface area (Å²) >= 11 is 18.6. The number of nitro groups is 1. The Kier molecular flexibility index (Phi) is 5.99. The number of thiophene rings is 1. The van der Waals surface area contributed by atoms with Crippen LogP contribution in [0.4, 0.5) is 11.4 Å². The first kappa shape index (κ1) is 20.3. The molecule has 0 unspecified atom stereocenters. The molecule has 0 aliphatic heterocycles. The number of methoxy groups -OCH3 is 1.